The first-order valence-electron chi connectivity index (χ1n) is 6.32. The second-order valence-corrected chi connectivity index (χ2v) is 7.08. The summed E-state index contributed by atoms with van der Waals surface area (Å²) in [6.45, 7) is 3.48. The molecule has 0 unspecified atom stereocenters. The zero-order chi connectivity index (χ0) is 15.8. The van der Waals surface area contributed by atoms with Crippen molar-refractivity contribution in [2.45, 2.75) is 24.3 Å². The Kier molecular flexibility index (Phi) is 3.77. The number of aromatic carboxylic acids is 1. The highest BCUT2D eigenvalue weighted by Crippen LogP contribution is 2.26. The topological polar surface area (TPSA) is 104 Å². The largest absolute Gasteiger partial charge is 0.478 e. The van der Waals surface area contributed by atoms with Gasteiger partial charge in [0.05, 0.1) is 10.5 Å². The van der Waals surface area contributed by atoms with Crippen LogP contribution in [0, 0.1) is 0 Å². The van der Waals surface area contributed by atoms with E-state index in [4.69, 9.17) is 5.11 Å². The SMILES string of the molecule is CC1(C)C(=O)NCCN1S(=O)(=O)c1ccc(C(=O)O)cc1. The van der Waals surface area contributed by atoms with Crippen molar-refractivity contribution in [1.29, 1.82) is 0 Å². The normalized spacial score (nSPS) is 19.0. The molecule has 1 amide bonds. The Morgan fingerprint density at radius 3 is 2.38 bits per heavy atom. The lowest BCUT2D eigenvalue weighted by atomic mass is 10.0. The number of hydrogen-bond donors (Lipinski definition) is 2. The van der Waals surface area contributed by atoms with Crippen LogP contribution in [0.1, 0.15) is 24.2 Å². The Labute approximate surface area is 122 Å². The van der Waals surface area contributed by atoms with Gasteiger partial charge in [0.2, 0.25) is 15.9 Å². The fraction of sp³-hybridized carbons (Fsp3) is 0.385. The number of amides is 1. The molecule has 1 aromatic rings. The summed E-state index contributed by atoms with van der Waals surface area (Å²) in [4.78, 5) is 22.6. The first-order chi connectivity index (χ1) is 9.67. The van der Waals surface area contributed by atoms with E-state index in [0.29, 0.717) is 0 Å². The lowest BCUT2D eigenvalue weighted by molar-refractivity contribution is -0.131. The number of carboxylic acids is 1. The fourth-order valence-corrected chi connectivity index (χ4v) is 3.95. The number of carboxylic acid groups (broad SMARTS) is 1. The van der Waals surface area contributed by atoms with Gasteiger partial charge in [0, 0.05) is 13.1 Å². The molecule has 2 rings (SSSR count). The third kappa shape index (κ3) is 2.64. The number of nitrogens with one attached hydrogen (secondary N) is 1. The quantitative estimate of drug-likeness (QED) is 0.834. The van der Waals surface area contributed by atoms with Gasteiger partial charge in [0.15, 0.2) is 0 Å². The maximum Gasteiger partial charge on any atom is 0.335 e. The molecular weight excluding hydrogens is 296 g/mol. The number of carbonyl (C=O) groups excluding carboxylic acids is 1. The van der Waals surface area contributed by atoms with Crippen LogP contribution in [0.2, 0.25) is 0 Å². The van der Waals surface area contributed by atoms with Crippen LogP contribution in [-0.2, 0) is 14.8 Å². The molecule has 0 bridgehead atoms. The summed E-state index contributed by atoms with van der Waals surface area (Å²) in [5.41, 5.74) is -1.19. The van der Waals surface area contributed by atoms with E-state index in [2.05, 4.69) is 5.32 Å². The molecule has 1 aliphatic rings. The smallest absolute Gasteiger partial charge is 0.335 e. The van der Waals surface area contributed by atoms with Crippen molar-refractivity contribution in [2.75, 3.05) is 13.1 Å². The maximum atomic E-state index is 12.6. The second-order valence-electron chi connectivity index (χ2n) is 5.22. The van der Waals surface area contributed by atoms with Gasteiger partial charge in [-0.1, -0.05) is 0 Å². The Morgan fingerprint density at radius 1 is 1.29 bits per heavy atom. The number of rotatable bonds is 3. The average Bonchev–Trinajstić information content (AvgIpc) is 2.41. The maximum absolute atomic E-state index is 12.6. The van der Waals surface area contributed by atoms with E-state index in [1.54, 1.807) is 0 Å². The van der Waals surface area contributed by atoms with Crippen molar-refractivity contribution in [2.24, 2.45) is 0 Å². The van der Waals surface area contributed by atoms with Gasteiger partial charge in [0.25, 0.3) is 0 Å². The molecule has 1 heterocycles. The van der Waals surface area contributed by atoms with E-state index in [1.165, 1.54) is 38.1 Å². The van der Waals surface area contributed by atoms with Crippen LogP contribution in [0.15, 0.2) is 29.2 Å². The van der Waals surface area contributed by atoms with Crippen LogP contribution in [-0.4, -0.2) is 48.3 Å². The molecule has 114 valence electrons. The van der Waals surface area contributed by atoms with Gasteiger partial charge in [-0.25, -0.2) is 13.2 Å². The van der Waals surface area contributed by atoms with Gasteiger partial charge in [-0.05, 0) is 38.1 Å². The number of hydrogen-bond acceptors (Lipinski definition) is 4. The summed E-state index contributed by atoms with van der Waals surface area (Å²) in [6, 6.07) is 4.93. The van der Waals surface area contributed by atoms with Gasteiger partial charge in [-0.2, -0.15) is 4.31 Å². The third-order valence-electron chi connectivity index (χ3n) is 3.47. The summed E-state index contributed by atoms with van der Waals surface area (Å²) in [6.07, 6.45) is 0. The fourth-order valence-electron chi connectivity index (χ4n) is 2.20. The molecule has 1 aliphatic heterocycles. The number of nitrogens with zero attached hydrogens (tertiary/aromatic N) is 1. The number of piperazine rings is 1. The Hall–Kier alpha value is -1.93. The van der Waals surface area contributed by atoms with E-state index < -0.39 is 21.5 Å². The molecule has 21 heavy (non-hydrogen) atoms. The number of carbonyl (C=O) groups is 2. The van der Waals surface area contributed by atoms with Gasteiger partial charge in [-0.15, -0.1) is 0 Å². The molecule has 0 saturated carbocycles. The minimum absolute atomic E-state index is 0.00426. The molecule has 1 fully saturated rings. The third-order valence-corrected chi connectivity index (χ3v) is 5.56. The lowest BCUT2D eigenvalue weighted by Crippen LogP contribution is -2.63. The van der Waals surface area contributed by atoms with Gasteiger partial charge >= 0.3 is 5.97 Å². The average molecular weight is 312 g/mol. The van der Waals surface area contributed by atoms with Crippen LogP contribution in [0.5, 0.6) is 0 Å². The predicted octanol–water partition coefficient (Wildman–Crippen LogP) is 0.284. The van der Waals surface area contributed by atoms with Crippen LogP contribution in [0.3, 0.4) is 0 Å². The van der Waals surface area contributed by atoms with E-state index in [-0.39, 0.29) is 29.5 Å². The van der Waals surface area contributed by atoms with E-state index in [1.807, 2.05) is 0 Å². The Bertz CT molecular complexity index is 679. The minimum Gasteiger partial charge on any atom is -0.478 e. The predicted molar refractivity (Wildman–Crippen MR) is 74.4 cm³/mol. The molecule has 0 aromatic heterocycles. The Morgan fingerprint density at radius 2 is 1.86 bits per heavy atom. The van der Waals surface area contributed by atoms with E-state index in [9.17, 15) is 18.0 Å². The van der Waals surface area contributed by atoms with Crippen molar-refractivity contribution < 1.29 is 23.1 Å². The summed E-state index contributed by atoms with van der Waals surface area (Å²) in [7, 11) is -3.87. The monoisotopic (exact) mass is 312 g/mol. The highest BCUT2D eigenvalue weighted by Gasteiger charge is 2.44. The highest BCUT2D eigenvalue weighted by molar-refractivity contribution is 7.89. The van der Waals surface area contributed by atoms with Crippen LogP contribution < -0.4 is 5.32 Å². The van der Waals surface area contributed by atoms with Crippen LogP contribution in [0.4, 0.5) is 0 Å². The zero-order valence-electron chi connectivity index (χ0n) is 11.7. The molecule has 2 N–H and O–H groups in total. The molecular formula is C13H16N2O5S. The van der Waals surface area contributed by atoms with E-state index in [0.717, 1.165) is 4.31 Å². The summed E-state index contributed by atoms with van der Waals surface area (Å²) < 4.78 is 26.4. The molecule has 8 heteroatoms. The van der Waals surface area contributed by atoms with Crippen molar-refractivity contribution in [3.05, 3.63) is 29.8 Å². The standard InChI is InChI=1S/C13H16N2O5S/c1-13(2)12(18)14-7-8-15(13)21(19,20)10-5-3-9(4-6-10)11(16)17/h3-6H,7-8H2,1-2H3,(H,14,18)(H,16,17). The summed E-state index contributed by atoms with van der Waals surface area (Å²) >= 11 is 0. The molecule has 7 nitrogen and oxygen atoms in total. The molecule has 1 saturated heterocycles. The molecule has 0 radical (unpaired) electrons. The van der Waals surface area contributed by atoms with Gasteiger partial charge in [-0.3, -0.25) is 4.79 Å². The van der Waals surface area contributed by atoms with Gasteiger partial charge in [0.1, 0.15) is 5.54 Å². The van der Waals surface area contributed by atoms with Crippen LogP contribution in [0.25, 0.3) is 0 Å². The first kappa shape index (κ1) is 15.5. The van der Waals surface area contributed by atoms with Crippen LogP contribution >= 0.6 is 0 Å². The van der Waals surface area contributed by atoms with Gasteiger partial charge < -0.3 is 10.4 Å². The molecule has 1 aromatic carbocycles. The minimum atomic E-state index is -3.87. The first-order valence-corrected chi connectivity index (χ1v) is 7.76. The lowest BCUT2D eigenvalue weighted by Gasteiger charge is -2.39. The molecule has 0 atom stereocenters. The number of benzene rings is 1. The zero-order valence-corrected chi connectivity index (χ0v) is 12.5. The second kappa shape index (κ2) is 5.12. The summed E-state index contributed by atoms with van der Waals surface area (Å²) in [5.74, 6) is -1.49. The van der Waals surface area contributed by atoms with Crippen molar-refractivity contribution >= 4 is 21.9 Å². The highest BCUT2D eigenvalue weighted by atomic mass is 32.2. The molecule has 0 spiro atoms. The molecule has 0 aliphatic carbocycles. The van der Waals surface area contributed by atoms with Crippen molar-refractivity contribution in [3.63, 3.8) is 0 Å². The number of sulfonamides is 1. The van der Waals surface area contributed by atoms with E-state index >= 15 is 0 Å². The van der Waals surface area contributed by atoms with Crippen molar-refractivity contribution in [3.8, 4) is 0 Å². The van der Waals surface area contributed by atoms with Crippen molar-refractivity contribution in [1.82, 2.24) is 9.62 Å². The Balaban J connectivity index is 2.41. The summed E-state index contributed by atoms with van der Waals surface area (Å²) in [5, 5.41) is 11.5.